The average molecular weight is 270 g/mol. The summed E-state index contributed by atoms with van der Waals surface area (Å²) >= 11 is 0. The van der Waals surface area contributed by atoms with Crippen molar-refractivity contribution in [3.05, 3.63) is 47.7 Å². The van der Waals surface area contributed by atoms with Gasteiger partial charge in [0.15, 0.2) is 11.5 Å². The molecule has 0 saturated heterocycles. The maximum Gasteiger partial charge on any atom is 0.256 e. The molecule has 0 fully saturated rings. The van der Waals surface area contributed by atoms with E-state index >= 15 is 0 Å². The Balaban J connectivity index is 1.80. The summed E-state index contributed by atoms with van der Waals surface area (Å²) in [5.41, 5.74) is 1.55. The number of aryl methyl sites for hydroxylation is 1. The summed E-state index contributed by atoms with van der Waals surface area (Å²) in [7, 11) is 0. The van der Waals surface area contributed by atoms with Gasteiger partial charge >= 0.3 is 0 Å². The van der Waals surface area contributed by atoms with Gasteiger partial charge in [0.25, 0.3) is 5.91 Å². The van der Waals surface area contributed by atoms with Gasteiger partial charge in [-0.2, -0.15) is 0 Å². The van der Waals surface area contributed by atoms with Crippen molar-refractivity contribution in [2.45, 2.75) is 6.92 Å². The van der Waals surface area contributed by atoms with Crippen LogP contribution in [0.25, 0.3) is 0 Å². The Hall–Kier alpha value is -2.56. The first-order chi connectivity index (χ1) is 9.72. The van der Waals surface area contributed by atoms with Crippen molar-refractivity contribution in [1.82, 2.24) is 4.98 Å². The van der Waals surface area contributed by atoms with E-state index < -0.39 is 0 Å². The lowest BCUT2D eigenvalue weighted by atomic mass is 10.2. The molecule has 1 N–H and O–H groups in total. The molecule has 0 bridgehead atoms. The van der Waals surface area contributed by atoms with E-state index in [4.69, 9.17) is 9.47 Å². The summed E-state index contributed by atoms with van der Waals surface area (Å²) in [6.45, 7) is 2.98. The van der Waals surface area contributed by atoms with E-state index in [1.807, 2.05) is 19.1 Å². The van der Waals surface area contributed by atoms with Crippen molar-refractivity contribution in [2.75, 3.05) is 18.5 Å². The minimum absolute atomic E-state index is 0.222. The molecule has 0 aliphatic carbocycles. The number of benzene rings is 1. The first-order valence-electron chi connectivity index (χ1n) is 6.36. The van der Waals surface area contributed by atoms with Gasteiger partial charge in [-0.15, -0.1) is 0 Å². The molecule has 0 atom stereocenters. The molecule has 1 amide bonds. The summed E-state index contributed by atoms with van der Waals surface area (Å²) in [6, 6.07) is 8.82. The van der Waals surface area contributed by atoms with Crippen LogP contribution in [0.1, 0.15) is 15.9 Å². The molecule has 1 aromatic carbocycles. The smallest absolute Gasteiger partial charge is 0.256 e. The van der Waals surface area contributed by atoms with Crippen LogP contribution in [0.4, 0.5) is 5.82 Å². The summed E-state index contributed by atoms with van der Waals surface area (Å²) in [6.07, 6.45) is 1.66. The lowest BCUT2D eigenvalue weighted by Gasteiger charge is -2.18. The molecule has 5 heteroatoms. The molecule has 1 aromatic heterocycles. The van der Waals surface area contributed by atoms with Gasteiger partial charge in [-0.05, 0) is 42.8 Å². The Morgan fingerprint density at radius 2 is 1.95 bits per heavy atom. The van der Waals surface area contributed by atoms with Crippen LogP contribution in [0.5, 0.6) is 11.5 Å². The van der Waals surface area contributed by atoms with Crippen LogP contribution >= 0.6 is 0 Å². The maximum absolute atomic E-state index is 12.2. The Kier molecular flexibility index (Phi) is 3.25. The van der Waals surface area contributed by atoms with Crippen LogP contribution in [0.3, 0.4) is 0 Å². The second-order valence-electron chi connectivity index (χ2n) is 4.53. The molecule has 20 heavy (non-hydrogen) atoms. The molecule has 0 saturated carbocycles. The fraction of sp³-hybridized carbons (Fsp3) is 0.200. The first kappa shape index (κ1) is 12.5. The van der Waals surface area contributed by atoms with Crippen molar-refractivity contribution >= 4 is 11.7 Å². The Morgan fingerprint density at radius 1 is 1.15 bits per heavy atom. The number of nitrogens with zero attached hydrogens (tertiary/aromatic N) is 1. The zero-order chi connectivity index (χ0) is 13.9. The second-order valence-corrected chi connectivity index (χ2v) is 4.53. The van der Waals surface area contributed by atoms with Crippen LogP contribution in [0.15, 0.2) is 36.5 Å². The fourth-order valence-corrected chi connectivity index (χ4v) is 1.98. The zero-order valence-corrected chi connectivity index (χ0v) is 11.1. The number of hydrogen-bond donors (Lipinski definition) is 1. The third kappa shape index (κ3) is 2.56. The number of hydrogen-bond acceptors (Lipinski definition) is 4. The number of rotatable bonds is 2. The Morgan fingerprint density at radius 3 is 2.75 bits per heavy atom. The van der Waals surface area contributed by atoms with E-state index in [1.54, 1.807) is 24.4 Å². The maximum atomic E-state index is 12.2. The highest BCUT2D eigenvalue weighted by atomic mass is 16.6. The highest BCUT2D eigenvalue weighted by Gasteiger charge is 2.15. The zero-order valence-electron chi connectivity index (χ0n) is 11.1. The van der Waals surface area contributed by atoms with Crippen molar-refractivity contribution in [1.29, 1.82) is 0 Å². The van der Waals surface area contributed by atoms with E-state index in [-0.39, 0.29) is 5.91 Å². The number of pyridine rings is 1. The van der Waals surface area contributed by atoms with Gasteiger partial charge in [-0.1, -0.05) is 0 Å². The lowest BCUT2D eigenvalue weighted by molar-refractivity contribution is 0.102. The monoisotopic (exact) mass is 270 g/mol. The minimum atomic E-state index is -0.222. The molecule has 102 valence electrons. The van der Waals surface area contributed by atoms with Gasteiger partial charge in [0.2, 0.25) is 0 Å². The van der Waals surface area contributed by atoms with Crippen LogP contribution in [-0.2, 0) is 0 Å². The number of carbonyl (C=O) groups is 1. The summed E-state index contributed by atoms with van der Waals surface area (Å²) < 4.78 is 10.9. The van der Waals surface area contributed by atoms with Crippen molar-refractivity contribution in [2.24, 2.45) is 0 Å². The van der Waals surface area contributed by atoms with Crippen molar-refractivity contribution < 1.29 is 14.3 Å². The van der Waals surface area contributed by atoms with Crippen LogP contribution in [-0.4, -0.2) is 24.1 Å². The van der Waals surface area contributed by atoms with Crippen molar-refractivity contribution in [3.8, 4) is 11.5 Å². The average Bonchev–Trinajstić information content (AvgIpc) is 2.47. The van der Waals surface area contributed by atoms with Gasteiger partial charge in [0, 0.05) is 11.8 Å². The number of nitrogens with one attached hydrogen (secondary N) is 1. The minimum Gasteiger partial charge on any atom is -0.486 e. The van der Waals surface area contributed by atoms with Crippen LogP contribution in [0, 0.1) is 6.92 Å². The number of amides is 1. The number of aromatic nitrogens is 1. The quantitative estimate of drug-likeness (QED) is 0.910. The molecule has 2 aromatic rings. The van der Waals surface area contributed by atoms with E-state index in [2.05, 4.69) is 10.3 Å². The molecule has 0 unspecified atom stereocenters. The van der Waals surface area contributed by atoms with E-state index in [0.717, 1.165) is 5.56 Å². The summed E-state index contributed by atoms with van der Waals surface area (Å²) in [4.78, 5) is 16.3. The fourth-order valence-electron chi connectivity index (χ4n) is 1.98. The SMILES string of the molecule is Cc1ccnc(NC(=O)c2ccc3c(c2)OCCO3)c1. The molecule has 2 heterocycles. The molecule has 0 spiro atoms. The lowest BCUT2D eigenvalue weighted by Crippen LogP contribution is -2.17. The second kappa shape index (κ2) is 5.21. The van der Waals surface area contributed by atoms with Crippen molar-refractivity contribution in [3.63, 3.8) is 0 Å². The third-order valence-electron chi connectivity index (χ3n) is 2.96. The number of ether oxygens (including phenoxy) is 2. The topological polar surface area (TPSA) is 60.5 Å². The van der Waals surface area contributed by atoms with Gasteiger partial charge in [-0.25, -0.2) is 4.98 Å². The van der Waals surface area contributed by atoms with Gasteiger partial charge in [0.05, 0.1) is 0 Å². The highest BCUT2D eigenvalue weighted by Crippen LogP contribution is 2.30. The molecule has 0 radical (unpaired) electrons. The summed E-state index contributed by atoms with van der Waals surface area (Å²) in [5, 5.41) is 2.76. The van der Waals surface area contributed by atoms with E-state index in [0.29, 0.717) is 36.1 Å². The van der Waals surface area contributed by atoms with Gasteiger partial charge < -0.3 is 14.8 Å². The van der Waals surface area contributed by atoms with Crippen LogP contribution in [0.2, 0.25) is 0 Å². The summed E-state index contributed by atoms with van der Waals surface area (Å²) in [5.74, 6) is 1.58. The molecule has 3 rings (SSSR count). The largest absolute Gasteiger partial charge is 0.486 e. The standard InChI is InChI=1S/C15H14N2O3/c1-10-4-5-16-14(8-10)17-15(18)11-2-3-12-13(9-11)20-7-6-19-12/h2-5,8-9H,6-7H2,1H3,(H,16,17,18). The molecule has 5 nitrogen and oxygen atoms in total. The molecule has 1 aliphatic heterocycles. The van der Waals surface area contributed by atoms with Gasteiger partial charge in [0.1, 0.15) is 19.0 Å². The normalized spacial score (nSPS) is 12.8. The first-order valence-corrected chi connectivity index (χ1v) is 6.36. The molecule has 1 aliphatic rings. The highest BCUT2D eigenvalue weighted by molar-refractivity contribution is 6.04. The van der Waals surface area contributed by atoms with Crippen LogP contribution < -0.4 is 14.8 Å². The predicted octanol–water partition coefficient (Wildman–Crippen LogP) is 2.41. The number of anilines is 1. The third-order valence-corrected chi connectivity index (χ3v) is 2.96. The van der Waals surface area contributed by atoms with E-state index in [1.165, 1.54) is 0 Å². The molecular formula is C15H14N2O3. The Labute approximate surface area is 116 Å². The number of fused-ring (bicyclic) bond motifs is 1. The number of carbonyl (C=O) groups excluding carboxylic acids is 1. The van der Waals surface area contributed by atoms with Gasteiger partial charge in [-0.3, -0.25) is 4.79 Å². The van der Waals surface area contributed by atoms with E-state index in [9.17, 15) is 4.79 Å². The Bertz CT molecular complexity index is 655. The predicted molar refractivity (Wildman–Crippen MR) is 74.4 cm³/mol. The molecular weight excluding hydrogens is 256 g/mol.